The molecule has 3 N–H and O–H groups in total. The molecule has 0 aliphatic carbocycles. The van der Waals surface area contributed by atoms with Crippen molar-refractivity contribution in [3.63, 3.8) is 0 Å². The number of aromatic nitrogens is 3. The van der Waals surface area contributed by atoms with Gasteiger partial charge in [0.1, 0.15) is 5.82 Å². The van der Waals surface area contributed by atoms with E-state index in [-0.39, 0.29) is 0 Å². The maximum atomic E-state index is 11.8. The number of nitrogens with one attached hydrogen (secondary N) is 1. The van der Waals surface area contributed by atoms with E-state index < -0.39 is 5.91 Å². The van der Waals surface area contributed by atoms with Gasteiger partial charge in [-0.3, -0.25) is 9.89 Å². The number of carbonyl (C=O) groups excluding carboxylic acids is 1. The number of nitrogens with zero attached hydrogens (tertiary/aromatic N) is 3. The fourth-order valence-electron chi connectivity index (χ4n) is 3.88. The second-order valence-electron chi connectivity index (χ2n) is 7.00. The van der Waals surface area contributed by atoms with Gasteiger partial charge in [-0.25, -0.2) is 4.98 Å². The van der Waals surface area contributed by atoms with Crippen LogP contribution in [0.1, 0.15) is 45.9 Å². The zero-order valence-electron chi connectivity index (χ0n) is 15.1. The Kier molecular flexibility index (Phi) is 4.87. The van der Waals surface area contributed by atoms with Crippen LogP contribution in [0.25, 0.3) is 0 Å². The molecular weight excluding hydrogens is 338 g/mol. The molecule has 2 aromatic heterocycles. The Balaban J connectivity index is 1.56. The molecule has 138 valence electrons. The lowest BCUT2D eigenvalue weighted by Crippen LogP contribution is -2.36. The predicted molar refractivity (Wildman–Crippen MR) is 105 cm³/mol. The van der Waals surface area contributed by atoms with Crippen molar-refractivity contribution in [2.45, 2.75) is 25.2 Å². The van der Waals surface area contributed by atoms with Crippen molar-refractivity contribution >= 4 is 11.7 Å². The molecule has 4 rings (SSSR count). The summed E-state index contributed by atoms with van der Waals surface area (Å²) in [6.07, 6.45) is 6.61. The summed E-state index contributed by atoms with van der Waals surface area (Å²) in [5.74, 6) is 0.563. The van der Waals surface area contributed by atoms with E-state index in [1.54, 1.807) is 18.3 Å². The summed E-state index contributed by atoms with van der Waals surface area (Å²) in [6.45, 7) is 1.66. The second-order valence-corrected chi connectivity index (χ2v) is 7.00. The first kappa shape index (κ1) is 17.3. The van der Waals surface area contributed by atoms with E-state index >= 15 is 0 Å². The molecule has 0 bridgehead atoms. The number of carbonyl (C=O) groups is 1. The van der Waals surface area contributed by atoms with E-state index in [0.717, 1.165) is 32.4 Å². The number of primary amides is 1. The highest BCUT2D eigenvalue weighted by atomic mass is 16.1. The first-order chi connectivity index (χ1) is 13.2. The van der Waals surface area contributed by atoms with Gasteiger partial charge in [0.05, 0.1) is 11.8 Å². The number of anilines is 1. The highest BCUT2D eigenvalue weighted by Crippen LogP contribution is 2.31. The number of hydrogen-bond donors (Lipinski definition) is 2. The van der Waals surface area contributed by atoms with Gasteiger partial charge in [-0.15, -0.1) is 0 Å². The minimum atomic E-state index is -0.438. The van der Waals surface area contributed by atoms with Crippen LogP contribution in [-0.2, 0) is 6.42 Å². The monoisotopic (exact) mass is 361 g/mol. The van der Waals surface area contributed by atoms with Crippen molar-refractivity contribution in [1.82, 2.24) is 15.2 Å². The van der Waals surface area contributed by atoms with Crippen molar-refractivity contribution in [2.24, 2.45) is 5.73 Å². The van der Waals surface area contributed by atoms with E-state index in [1.165, 1.54) is 16.8 Å². The van der Waals surface area contributed by atoms with Crippen LogP contribution < -0.4 is 10.6 Å². The number of aromatic amines is 1. The molecule has 3 heterocycles. The molecular formula is C21H23N5O. The van der Waals surface area contributed by atoms with Crippen LogP contribution >= 0.6 is 0 Å². The molecule has 1 aliphatic heterocycles. The molecule has 1 aromatic carbocycles. The molecule has 6 heteroatoms. The third kappa shape index (κ3) is 3.69. The number of benzene rings is 1. The number of nitrogens with two attached hydrogens (primary N) is 1. The molecule has 1 atom stereocenters. The van der Waals surface area contributed by atoms with E-state index in [2.05, 4.69) is 44.3 Å². The zero-order valence-corrected chi connectivity index (χ0v) is 15.1. The van der Waals surface area contributed by atoms with Gasteiger partial charge in [0.15, 0.2) is 0 Å². The van der Waals surface area contributed by atoms with Gasteiger partial charge in [-0.2, -0.15) is 5.10 Å². The maximum absolute atomic E-state index is 11.8. The minimum absolute atomic E-state index is 0.322. The summed E-state index contributed by atoms with van der Waals surface area (Å²) in [7, 11) is 0. The molecule has 1 fully saturated rings. The lowest BCUT2D eigenvalue weighted by molar-refractivity contribution is 0.100. The van der Waals surface area contributed by atoms with Gasteiger partial charge < -0.3 is 10.6 Å². The highest BCUT2D eigenvalue weighted by molar-refractivity contribution is 5.97. The zero-order chi connectivity index (χ0) is 18.6. The average molecular weight is 361 g/mol. The molecule has 1 saturated heterocycles. The third-order valence-corrected chi connectivity index (χ3v) is 5.17. The smallest absolute Gasteiger partial charge is 0.252 e. The number of H-pyrrole nitrogens is 1. The molecule has 1 unspecified atom stereocenters. The quantitative estimate of drug-likeness (QED) is 0.731. The minimum Gasteiger partial charge on any atom is -0.365 e. The van der Waals surface area contributed by atoms with Crippen LogP contribution in [-0.4, -0.2) is 34.2 Å². The highest BCUT2D eigenvalue weighted by Gasteiger charge is 2.27. The van der Waals surface area contributed by atoms with Crippen molar-refractivity contribution in [3.8, 4) is 0 Å². The van der Waals surface area contributed by atoms with Crippen LogP contribution in [0, 0.1) is 0 Å². The number of amides is 1. The Morgan fingerprint density at radius 3 is 2.89 bits per heavy atom. The van der Waals surface area contributed by atoms with Crippen molar-refractivity contribution in [1.29, 1.82) is 0 Å². The molecule has 0 radical (unpaired) electrons. The van der Waals surface area contributed by atoms with Crippen LogP contribution in [0.15, 0.2) is 54.9 Å². The number of hydrogen-bond acceptors (Lipinski definition) is 4. The Bertz CT molecular complexity index is 921. The van der Waals surface area contributed by atoms with E-state index in [9.17, 15) is 4.79 Å². The summed E-state index contributed by atoms with van der Waals surface area (Å²) in [6, 6.07) is 13.9. The molecule has 27 heavy (non-hydrogen) atoms. The molecule has 0 saturated carbocycles. The van der Waals surface area contributed by atoms with E-state index in [1.807, 2.05) is 12.3 Å². The topological polar surface area (TPSA) is 87.9 Å². The molecule has 6 nitrogen and oxygen atoms in total. The lowest BCUT2D eigenvalue weighted by atomic mass is 9.90. The molecule has 3 aromatic rings. The van der Waals surface area contributed by atoms with Gasteiger partial charge in [-0.1, -0.05) is 30.3 Å². The summed E-state index contributed by atoms with van der Waals surface area (Å²) < 4.78 is 0. The SMILES string of the molecule is NC(=O)c1cccnc1N1CCCC(c2[nH]ncc2Cc2ccccc2)C1. The summed E-state index contributed by atoms with van der Waals surface area (Å²) in [5, 5.41) is 7.52. The van der Waals surface area contributed by atoms with Crippen molar-refractivity contribution < 1.29 is 4.79 Å². The first-order valence-electron chi connectivity index (χ1n) is 9.28. The Morgan fingerprint density at radius 1 is 1.22 bits per heavy atom. The van der Waals surface area contributed by atoms with E-state index in [4.69, 9.17) is 5.73 Å². The number of rotatable bonds is 5. The molecule has 1 amide bonds. The van der Waals surface area contributed by atoms with Crippen molar-refractivity contribution in [2.75, 3.05) is 18.0 Å². The number of piperidine rings is 1. The largest absolute Gasteiger partial charge is 0.365 e. The van der Waals surface area contributed by atoms with Gasteiger partial charge in [0, 0.05) is 37.3 Å². The van der Waals surface area contributed by atoms with E-state index in [0.29, 0.717) is 17.3 Å². The number of pyridine rings is 1. The van der Waals surface area contributed by atoms with Gasteiger partial charge in [0.25, 0.3) is 5.91 Å². The van der Waals surface area contributed by atoms with Gasteiger partial charge in [-0.05, 0) is 36.1 Å². The first-order valence-corrected chi connectivity index (χ1v) is 9.28. The average Bonchev–Trinajstić information content (AvgIpc) is 3.17. The fourth-order valence-corrected chi connectivity index (χ4v) is 3.88. The van der Waals surface area contributed by atoms with Crippen LogP contribution in [0.5, 0.6) is 0 Å². The Morgan fingerprint density at radius 2 is 2.07 bits per heavy atom. The summed E-state index contributed by atoms with van der Waals surface area (Å²) in [4.78, 5) is 18.4. The maximum Gasteiger partial charge on any atom is 0.252 e. The Labute approximate surface area is 158 Å². The summed E-state index contributed by atoms with van der Waals surface area (Å²) in [5.41, 5.74) is 9.70. The molecule has 0 spiro atoms. The normalized spacial score (nSPS) is 17.0. The standard InChI is InChI=1S/C21H23N5O/c22-20(27)18-9-4-10-23-21(18)26-11-5-8-16(14-26)19-17(13-24-25-19)12-15-6-2-1-3-7-15/h1-4,6-7,9-10,13,16H,5,8,11-12,14H2,(H2,22,27)(H,24,25). The fraction of sp³-hybridized carbons (Fsp3) is 0.286. The second kappa shape index (κ2) is 7.61. The predicted octanol–water partition coefficient (Wildman–Crippen LogP) is 2.88. The lowest BCUT2D eigenvalue weighted by Gasteiger charge is -2.34. The third-order valence-electron chi connectivity index (χ3n) is 5.17. The summed E-state index contributed by atoms with van der Waals surface area (Å²) >= 11 is 0. The van der Waals surface area contributed by atoms with Gasteiger partial charge >= 0.3 is 0 Å². The van der Waals surface area contributed by atoms with Crippen LogP contribution in [0.3, 0.4) is 0 Å². The van der Waals surface area contributed by atoms with Crippen molar-refractivity contribution in [3.05, 3.63) is 77.2 Å². The molecule has 1 aliphatic rings. The van der Waals surface area contributed by atoms with Crippen LogP contribution in [0.4, 0.5) is 5.82 Å². The Hall–Kier alpha value is -3.15. The van der Waals surface area contributed by atoms with Crippen LogP contribution in [0.2, 0.25) is 0 Å². The van der Waals surface area contributed by atoms with Gasteiger partial charge in [0.2, 0.25) is 0 Å².